The van der Waals surface area contributed by atoms with Gasteiger partial charge in [0.25, 0.3) is 0 Å². The average Bonchev–Trinajstić information content (AvgIpc) is 2.67. The van der Waals surface area contributed by atoms with E-state index in [0.717, 1.165) is 16.3 Å². The molecule has 0 spiro atoms. The van der Waals surface area contributed by atoms with E-state index in [1.165, 1.54) is 15.4 Å². The van der Waals surface area contributed by atoms with E-state index in [9.17, 15) is 0 Å². The third-order valence-electron chi connectivity index (χ3n) is 3.64. The molecular formula is C23H21NS2. The smallest absolute Gasteiger partial charge is 0.105 e. The second kappa shape index (κ2) is 9.46. The number of aryl methyl sites for hydroxylation is 1. The maximum atomic E-state index is 4.89. The SMILES string of the molecule is C/C(=C\Sc1ccccc1)C(=Nc1ccccc1)Sc1cccc(C)c1. The molecule has 0 N–H and O–H groups in total. The molecule has 3 aromatic rings. The molecule has 0 atom stereocenters. The fourth-order valence-electron chi connectivity index (χ4n) is 2.31. The van der Waals surface area contributed by atoms with E-state index in [0.29, 0.717) is 0 Å². The van der Waals surface area contributed by atoms with Crippen molar-refractivity contribution in [3.63, 3.8) is 0 Å². The van der Waals surface area contributed by atoms with Gasteiger partial charge < -0.3 is 0 Å². The highest BCUT2D eigenvalue weighted by Crippen LogP contribution is 2.29. The zero-order valence-corrected chi connectivity index (χ0v) is 16.6. The minimum Gasteiger partial charge on any atom is -0.241 e. The molecule has 0 unspecified atom stereocenters. The summed E-state index contributed by atoms with van der Waals surface area (Å²) in [6, 6.07) is 29.1. The summed E-state index contributed by atoms with van der Waals surface area (Å²) in [5, 5.41) is 3.20. The number of nitrogens with zero attached hydrogens (tertiary/aromatic N) is 1. The van der Waals surface area contributed by atoms with Crippen molar-refractivity contribution in [2.24, 2.45) is 4.99 Å². The lowest BCUT2D eigenvalue weighted by molar-refractivity contribution is 1.37. The molecule has 0 fully saturated rings. The summed E-state index contributed by atoms with van der Waals surface area (Å²) in [5.41, 5.74) is 3.39. The van der Waals surface area contributed by atoms with Crippen molar-refractivity contribution >= 4 is 34.3 Å². The van der Waals surface area contributed by atoms with Gasteiger partial charge in [0.1, 0.15) is 5.04 Å². The minimum atomic E-state index is 0.972. The van der Waals surface area contributed by atoms with Crippen molar-refractivity contribution in [2.45, 2.75) is 23.6 Å². The predicted molar refractivity (Wildman–Crippen MR) is 117 cm³/mol. The lowest BCUT2D eigenvalue weighted by Gasteiger charge is -2.08. The largest absolute Gasteiger partial charge is 0.241 e. The standard InChI is InChI=1S/C23H21NS2/c1-18-10-9-15-22(16-18)26-23(24-20-11-5-3-6-12-20)19(2)17-25-21-13-7-4-8-14-21/h3-17H,1-2H3/b19-17+,24-23?. The first-order valence-corrected chi connectivity index (χ1v) is 10.2. The molecule has 3 rings (SSSR count). The van der Waals surface area contributed by atoms with Crippen molar-refractivity contribution in [2.75, 3.05) is 0 Å². The second-order valence-corrected chi connectivity index (χ2v) is 7.91. The molecule has 130 valence electrons. The Hall–Kier alpha value is -2.23. The average molecular weight is 376 g/mol. The van der Waals surface area contributed by atoms with Crippen LogP contribution in [0.5, 0.6) is 0 Å². The molecular weight excluding hydrogens is 354 g/mol. The summed E-state index contributed by atoms with van der Waals surface area (Å²) in [6.07, 6.45) is 0. The summed E-state index contributed by atoms with van der Waals surface area (Å²) in [4.78, 5) is 7.33. The van der Waals surface area contributed by atoms with E-state index in [2.05, 4.69) is 67.8 Å². The first-order chi connectivity index (χ1) is 12.7. The van der Waals surface area contributed by atoms with E-state index >= 15 is 0 Å². The lowest BCUT2D eigenvalue weighted by atomic mass is 10.2. The van der Waals surface area contributed by atoms with Gasteiger partial charge in [0.2, 0.25) is 0 Å². The van der Waals surface area contributed by atoms with Gasteiger partial charge in [0.15, 0.2) is 0 Å². The zero-order chi connectivity index (χ0) is 18.2. The molecule has 0 bridgehead atoms. The second-order valence-electron chi connectivity index (χ2n) is 5.90. The van der Waals surface area contributed by atoms with E-state index < -0.39 is 0 Å². The Morgan fingerprint density at radius 3 is 2.15 bits per heavy atom. The van der Waals surface area contributed by atoms with Crippen molar-refractivity contribution < 1.29 is 0 Å². The predicted octanol–water partition coefficient (Wildman–Crippen LogP) is 7.51. The fraction of sp³-hybridized carbons (Fsp3) is 0.0870. The van der Waals surface area contributed by atoms with Gasteiger partial charge in [-0.1, -0.05) is 77.6 Å². The fourth-order valence-corrected chi connectivity index (χ4v) is 4.11. The van der Waals surface area contributed by atoms with Crippen molar-refractivity contribution in [3.8, 4) is 0 Å². The van der Waals surface area contributed by atoms with Gasteiger partial charge in [0, 0.05) is 9.79 Å². The van der Waals surface area contributed by atoms with Crippen LogP contribution < -0.4 is 0 Å². The summed E-state index contributed by atoms with van der Waals surface area (Å²) in [6.45, 7) is 4.24. The van der Waals surface area contributed by atoms with Crippen LogP contribution in [0.1, 0.15) is 12.5 Å². The van der Waals surface area contributed by atoms with Gasteiger partial charge in [-0.3, -0.25) is 0 Å². The molecule has 0 aliphatic rings. The molecule has 26 heavy (non-hydrogen) atoms. The Labute approximate surface area is 164 Å². The van der Waals surface area contributed by atoms with Crippen LogP contribution >= 0.6 is 23.5 Å². The molecule has 0 saturated carbocycles. The molecule has 0 heterocycles. The monoisotopic (exact) mass is 375 g/mol. The maximum Gasteiger partial charge on any atom is 0.105 e. The lowest BCUT2D eigenvalue weighted by Crippen LogP contribution is -1.94. The van der Waals surface area contributed by atoms with Crippen molar-refractivity contribution in [1.82, 2.24) is 0 Å². The molecule has 0 amide bonds. The molecule has 0 aromatic heterocycles. The molecule has 3 aromatic carbocycles. The number of hydrogen-bond acceptors (Lipinski definition) is 3. The first kappa shape index (κ1) is 18.6. The van der Waals surface area contributed by atoms with Crippen LogP contribution in [0.3, 0.4) is 0 Å². The van der Waals surface area contributed by atoms with Crippen LogP contribution in [0.25, 0.3) is 0 Å². The van der Waals surface area contributed by atoms with Crippen LogP contribution in [0.4, 0.5) is 5.69 Å². The molecule has 1 nitrogen and oxygen atoms in total. The summed E-state index contributed by atoms with van der Waals surface area (Å²) < 4.78 is 0. The number of rotatable bonds is 5. The Bertz CT molecular complexity index is 900. The zero-order valence-electron chi connectivity index (χ0n) is 14.9. The van der Waals surface area contributed by atoms with E-state index in [1.807, 2.05) is 36.4 Å². The molecule has 3 heteroatoms. The molecule has 0 saturated heterocycles. The van der Waals surface area contributed by atoms with Crippen LogP contribution in [-0.4, -0.2) is 5.04 Å². The maximum absolute atomic E-state index is 4.89. The van der Waals surface area contributed by atoms with Gasteiger partial charge in [-0.2, -0.15) is 0 Å². The Morgan fingerprint density at radius 2 is 1.46 bits per heavy atom. The van der Waals surface area contributed by atoms with E-state index in [4.69, 9.17) is 4.99 Å². The van der Waals surface area contributed by atoms with Gasteiger partial charge in [-0.05, 0) is 61.2 Å². The molecule has 0 radical (unpaired) electrons. The number of aliphatic imine (C=N–C) groups is 1. The first-order valence-electron chi connectivity index (χ1n) is 8.48. The van der Waals surface area contributed by atoms with Gasteiger partial charge in [-0.25, -0.2) is 4.99 Å². The van der Waals surface area contributed by atoms with Crippen molar-refractivity contribution in [3.05, 3.63) is 101 Å². The number of benzene rings is 3. The normalized spacial score (nSPS) is 12.2. The van der Waals surface area contributed by atoms with E-state index in [-0.39, 0.29) is 0 Å². The van der Waals surface area contributed by atoms with Gasteiger partial charge >= 0.3 is 0 Å². The van der Waals surface area contributed by atoms with Crippen LogP contribution in [-0.2, 0) is 0 Å². The Balaban J connectivity index is 1.88. The third kappa shape index (κ3) is 5.65. The van der Waals surface area contributed by atoms with Crippen LogP contribution in [0, 0.1) is 6.92 Å². The topological polar surface area (TPSA) is 12.4 Å². The summed E-state index contributed by atoms with van der Waals surface area (Å²) >= 11 is 3.43. The highest BCUT2D eigenvalue weighted by Gasteiger charge is 2.07. The molecule has 0 aliphatic heterocycles. The Kier molecular flexibility index (Phi) is 6.75. The summed E-state index contributed by atoms with van der Waals surface area (Å²) in [5.74, 6) is 0. The summed E-state index contributed by atoms with van der Waals surface area (Å²) in [7, 11) is 0. The van der Waals surface area contributed by atoms with Gasteiger partial charge in [-0.15, -0.1) is 0 Å². The van der Waals surface area contributed by atoms with Gasteiger partial charge in [0.05, 0.1) is 5.69 Å². The quantitative estimate of drug-likeness (QED) is 0.260. The minimum absolute atomic E-state index is 0.972. The van der Waals surface area contributed by atoms with Crippen LogP contribution in [0.2, 0.25) is 0 Å². The number of hydrogen-bond donors (Lipinski definition) is 0. The number of para-hydroxylation sites is 1. The Morgan fingerprint density at radius 1 is 0.808 bits per heavy atom. The molecule has 0 aliphatic carbocycles. The third-order valence-corrected chi connectivity index (χ3v) is 5.76. The van der Waals surface area contributed by atoms with Crippen LogP contribution in [0.15, 0.2) is 111 Å². The number of thioether (sulfide) groups is 2. The van der Waals surface area contributed by atoms with Crippen molar-refractivity contribution in [1.29, 1.82) is 0 Å². The highest BCUT2D eigenvalue weighted by atomic mass is 32.2. The van der Waals surface area contributed by atoms with E-state index in [1.54, 1.807) is 23.5 Å². The highest BCUT2D eigenvalue weighted by molar-refractivity contribution is 8.14.